The molecule has 158 valence electrons. The van der Waals surface area contributed by atoms with Gasteiger partial charge in [-0.25, -0.2) is 9.78 Å². The summed E-state index contributed by atoms with van der Waals surface area (Å²) in [6, 6.07) is 10.9. The Bertz CT molecular complexity index is 1050. The van der Waals surface area contributed by atoms with Gasteiger partial charge in [0.25, 0.3) is 0 Å². The van der Waals surface area contributed by atoms with Crippen LogP contribution in [-0.4, -0.2) is 55.8 Å². The number of urea groups is 1. The predicted octanol–water partition coefficient (Wildman–Crippen LogP) is 4.71. The maximum Gasteiger partial charge on any atom is 0.322 e. The number of ether oxygens (including phenoxy) is 2. The largest absolute Gasteiger partial charge is 0.495 e. The van der Waals surface area contributed by atoms with Gasteiger partial charge in [-0.05, 0) is 43.3 Å². The minimum Gasteiger partial charge on any atom is -0.495 e. The van der Waals surface area contributed by atoms with E-state index in [0.29, 0.717) is 36.2 Å². The molecule has 1 aliphatic heterocycles. The van der Waals surface area contributed by atoms with E-state index < -0.39 is 0 Å². The van der Waals surface area contributed by atoms with Crippen LogP contribution in [0, 0.1) is 0 Å². The maximum atomic E-state index is 12.7. The normalized spacial score (nSPS) is 14.1. The zero-order chi connectivity index (χ0) is 21.1. The molecular formula is C21H23ClN4O3S. The topological polar surface area (TPSA) is 66.9 Å². The van der Waals surface area contributed by atoms with Crippen molar-refractivity contribution in [2.24, 2.45) is 0 Å². The number of thiazole rings is 1. The Morgan fingerprint density at radius 2 is 2.00 bits per heavy atom. The van der Waals surface area contributed by atoms with Gasteiger partial charge in [-0.15, -0.1) is 0 Å². The zero-order valence-electron chi connectivity index (χ0n) is 16.9. The Balaban J connectivity index is 1.39. The van der Waals surface area contributed by atoms with Gasteiger partial charge in [0.15, 0.2) is 5.13 Å². The van der Waals surface area contributed by atoms with Crippen LogP contribution in [0.5, 0.6) is 11.5 Å². The molecule has 1 fully saturated rings. The number of carbonyl (C=O) groups is 1. The van der Waals surface area contributed by atoms with Gasteiger partial charge in [-0.1, -0.05) is 22.9 Å². The van der Waals surface area contributed by atoms with Crippen molar-refractivity contribution in [3.8, 4) is 11.5 Å². The number of fused-ring (bicyclic) bond motifs is 1. The highest BCUT2D eigenvalue weighted by Gasteiger charge is 2.24. The van der Waals surface area contributed by atoms with Crippen LogP contribution in [0.1, 0.15) is 6.92 Å². The standard InChI is InChI=1S/C21H23ClN4O3S/c1-3-29-15-5-6-16-19(13-15)30-21(24-16)26-10-8-25(9-11-26)20(27)23-17-12-14(22)4-7-18(17)28-2/h4-7,12-13H,3,8-11H2,1-2H3,(H,23,27). The number of rotatable bonds is 5. The molecule has 3 aromatic rings. The average molecular weight is 447 g/mol. The summed E-state index contributed by atoms with van der Waals surface area (Å²) in [7, 11) is 1.56. The molecule has 2 amide bonds. The number of nitrogens with zero attached hydrogens (tertiary/aromatic N) is 3. The molecule has 1 aliphatic rings. The van der Waals surface area contributed by atoms with Gasteiger partial charge < -0.3 is 24.6 Å². The number of carbonyl (C=O) groups excluding carboxylic acids is 1. The fraction of sp³-hybridized carbons (Fsp3) is 0.333. The molecule has 1 saturated heterocycles. The molecule has 0 aliphatic carbocycles. The summed E-state index contributed by atoms with van der Waals surface area (Å²) >= 11 is 7.70. The molecule has 1 aromatic heterocycles. The highest BCUT2D eigenvalue weighted by molar-refractivity contribution is 7.22. The minimum absolute atomic E-state index is 0.166. The number of anilines is 2. The van der Waals surface area contributed by atoms with Gasteiger partial charge in [-0.2, -0.15) is 0 Å². The summed E-state index contributed by atoms with van der Waals surface area (Å²) in [6.45, 7) is 5.27. The van der Waals surface area contributed by atoms with Gasteiger partial charge in [0, 0.05) is 31.2 Å². The third kappa shape index (κ3) is 4.39. The van der Waals surface area contributed by atoms with Crippen LogP contribution in [-0.2, 0) is 0 Å². The highest BCUT2D eigenvalue weighted by atomic mass is 35.5. The van der Waals surface area contributed by atoms with Crippen molar-refractivity contribution >= 4 is 50.0 Å². The molecule has 30 heavy (non-hydrogen) atoms. The lowest BCUT2D eigenvalue weighted by Crippen LogP contribution is -2.50. The maximum absolute atomic E-state index is 12.7. The van der Waals surface area contributed by atoms with Gasteiger partial charge >= 0.3 is 6.03 Å². The monoisotopic (exact) mass is 446 g/mol. The summed E-state index contributed by atoms with van der Waals surface area (Å²) in [5, 5.41) is 4.41. The number of hydrogen-bond donors (Lipinski definition) is 1. The Kier molecular flexibility index (Phi) is 6.15. The lowest BCUT2D eigenvalue weighted by molar-refractivity contribution is 0.208. The van der Waals surface area contributed by atoms with Crippen LogP contribution in [0.15, 0.2) is 36.4 Å². The van der Waals surface area contributed by atoms with E-state index in [2.05, 4.69) is 10.2 Å². The summed E-state index contributed by atoms with van der Waals surface area (Å²) in [4.78, 5) is 21.5. The quantitative estimate of drug-likeness (QED) is 0.614. The summed E-state index contributed by atoms with van der Waals surface area (Å²) < 4.78 is 12.0. The van der Waals surface area contributed by atoms with Gasteiger partial charge in [0.1, 0.15) is 11.5 Å². The summed E-state index contributed by atoms with van der Waals surface area (Å²) in [6.07, 6.45) is 0. The second kappa shape index (κ2) is 8.97. The van der Waals surface area contributed by atoms with Gasteiger partial charge in [-0.3, -0.25) is 0 Å². The molecular weight excluding hydrogens is 424 g/mol. The van der Waals surface area contributed by atoms with E-state index in [1.165, 1.54) is 0 Å². The third-order valence-electron chi connectivity index (χ3n) is 4.90. The summed E-state index contributed by atoms with van der Waals surface area (Å²) in [5.74, 6) is 1.44. The zero-order valence-corrected chi connectivity index (χ0v) is 18.4. The third-order valence-corrected chi connectivity index (χ3v) is 6.21. The number of halogens is 1. The fourth-order valence-electron chi connectivity index (χ4n) is 3.36. The van der Waals surface area contributed by atoms with Crippen molar-refractivity contribution in [2.75, 3.05) is 50.1 Å². The first-order valence-electron chi connectivity index (χ1n) is 9.75. The number of hydrogen-bond acceptors (Lipinski definition) is 6. The van der Waals surface area contributed by atoms with E-state index in [1.807, 2.05) is 25.1 Å². The second-order valence-corrected chi connectivity index (χ2v) is 8.25. The SMILES string of the molecule is CCOc1ccc2nc(N3CCN(C(=O)Nc4cc(Cl)ccc4OC)CC3)sc2c1. The smallest absolute Gasteiger partial charge is 0.322 e. The molecule has 0 unspecified atom stereocenters. The van der Waals surface area contributed by atoms with Crippen LogP contribution in [0.2, 0.25) is 5.02 Å². The Morgan fingerprint density at radius 1 is 1.20 bits per heavy atom. The number of amides is 2. The second-order valence-electron chi connectivity index (χ2n) is 6.81. The van der Waals surface area contributed by atoms with Crippen LogP contribution in [0.25, 0.3) is 10.2 Å². The molecule has 0 saturated carbocycles. The number of nitrogens with one attached hydrogen (secondary N) is 1. The molecule has 0 radical (unpaired) electrons. The van der Waals surface area contributed by atoms with Gasteiger partial charge in [0.05, 0.1) is 29.6 Å². The van der Waals surface area contributed by atoms with E-state index in [9.17, 15) is 4.79 Å². The molecule has 0 atom stereocenters. The first-order valence-corrected chi connectivity index (χ1v) is 10.9. The van der Waals surface area contributed by atoms with Crippen LogP contribution < -0.4 is 19.7 Å². The van der Waals surface area contributed by atoms with Crippen molar-refractivity contribution in [3.05, 3.63) is 41.4 Å². The van der Waals surface area contributed by atoms with Crippen molar-refractivity contribution in [1.82, 2.24) is 9.88 Å². The minimum atomic E-state index is -0.166. The van der Waals surface area contributed by atoms with E-state index in [-0.39, 0.29) is 6.03 Å². The lowest BCUT2D eigenvalue weighted by Gasteiger charge is -2.34. The fourth-order valence-corrected chi connectivity index (χ4v) is 4.58. The predicted molar refractivity (Wildman–Crippen MR) is 122 cm³/mol. The van der Waals surface area contributed by atoms with Crippen molar-refractivity contribution in [2.45, 2.75) is 6.92 Å². The number of piperazine rings is 1. The van der Waals surface area contributed by atoms with Crippen molar-refractivity contribution < 1.29 is 14.3 Å². The Morgan fingerprint density at radius 3 is 2.73 bits per heavy atom. The first-order chi connectivity index (χ1) is 14.6. The molecule has 7 nitrogen and oxygen atoms in total. The van der Waals surface area contributed by atoms with Crippen LogP contribution in [0.3, 0.4) is 0 Å². The van der Waals surface area contributed by atoms with E-state index in [0.717, 1.165) is 34.2 Å². The average Bonchev–Trinajstić information content (AvgIpc) is 3.18. The number of benzene rings is 2. The molecule has 9 heteroatoms. The number of methoxy groups -OCH3 is 1. The Hall–Kier alpha value is -2.71. The molecule has 2 aromatic carbocycles. The van der Waals surface area contributed by atoms with Crippen LogP contribution in [0.4, 0.5) is 15.6 Å². The van der Waals surface area contributed by atoms with Crippen LogP contribution >= 0.6 is 22.9 Å². The summed E-state index contributed by atoms with van der Waals surface area (Å²) in [5.41, 5.74) is 1.53. The van der Waals surface area contributed by atoms with Gasteiger partial charge in [0.2, 0.25) is 0 Å². The first kappa shape index (κ1) is 20.6. The van der Waals surface area contributed by atoms with E-state index in [1.54, 1.807) is 41.5 Å². The van der Waals surface area contributed by atoms with E-state index in [4.69, 9.17) is 26.1 Å². The molecule has 2 heterocycles. The molecule has 0 bridgehead atoms. The molecule has 1 N–H and O–H groups in total. The number of aromatic nitrogens is 1. The van der Waals surface area contributed by atoms with Crippen molar-refractivity contribution in [3.63, 3.8) is 0 Å². The highest BCUT2D eigenvalue weighted by Crippen LogP contribution is 2.32. The lowest BCUT2D eigenvalue weighted by atomic mass is 10.3. The van der Waals surface area contributed by atoms with Crippen molar-refractivity contribution in [1.29, 1.82) is 0 Å². The Labute approximate surface area is 184 Å². The van der Waals surface area contributed by atoms with E-state index >= 15 is 0 Å². The molecule has 0 spiro atoms. The molecule has 4 rings (SSSR count).